The van der Waals surface area contributed by atoms with Gasteiger partial charge in [0.1, 0.15) is 18.3 Å². The zero-order valence-corrected chi connectivity index (χ0v) is 33.5. The molecule has 51 heavy (non-hydrogen) atoms. The fraction of sp³-hybridized carbons (Fsp3) is 0.429. The van der Waals surface area contributed by atoms with Crippen LogP contribution in [0.5, 0.6) is 0 Å². The van der Waals surface area contributed by atoms with Crippen LogP contribution < -0.4 is 0 Å². The van der Waals surface area contributed by atoms with E-state index >= 15 is 0 Å². The number of alkyl halides is 2. The highest BCUT2D eigenvalue weighted by molar-refractivity contribution is 14.1. The fourth-order valence-corrected chi connectivity index (χ4v) is 8.81. The van der Waals surface area contributed by atoms with Gasteiger partial charge in [-0.2, -0.15) is 0 Å². The molecule has 2 aliphatic heterocycles. The van der Waals surface area contributed by atoms with Crippen molar-refractivity contribution >= 4 is 45.2 Å². The summed E-state index contributed by atoms with van der Waals surface area (Å²) >= 11 is 4.86. The van der Waals surface area contributed by atoms with Gasteiger partial charge in [-0.05, 0) is 28.7 Å². The van der Waals surface area contributed by atoms with Crippen LogP contribution in [0.25, 0.3) is 0 Å². The van der Waals surface area contributed by atoms with E-state index in [1.165, 1.54) is 0 Å². The number of ether oxygens (including phenoxy) is 7. The normalized spacial score (nSPS) is 29.5. The fourth-order valence-electron chi connectivity index (χ4n) is 6.65. The molecule has 2 aliphatic rings. The Labute approximate surface area is 329 Å². The van der Waals surface area contributed by atoms with Crippen LogP contribution in [0, 0.1) is 5.92 Å². The van der Waals surface area contributed by atoms with Crippen LogP contribution in [-0.4, -0.2) is 57.6 Å². The summed E-state index contributed by atoms with van der Waals surface area (Å²) in [4.78, 5) is 0. The molecule has 0 radical (unpaired) electrons. The third-order valence-electron chi connectivity index (χ3n) is 9.48. The summed E-state index contributed by atoms with van der Waals surface area (Å²) in [5.41, 5.74) is 4.41. The van der Waals surface area contributed by atoms with Gasteiger partial charge in [-0.1, -0.05) is 180 Å². The molecule has 0 bridgehead atoms. The monoisotopic (exact) mass is 918 g/mol. The second-order valence-electron chi connectivity index (χ2n) is 13.2. The molecule has 5 unspecified atom stereocenters. The molecule has 0 N–H and O–H groups in total. The summed E-state index contributed by atoms with van der Waals surface area (Å²) in [7, 11) is 0. The molecule has 0 saturated carbocycles. The number of rotatable bonds is 16. The largest absolute Gasteiger partial charge is 0.374 e. The first-order valence-electron chi connectivity index (χ1n) is 17.8. The predicted octanol–water partition coefficient (Wildman–Crippen LogP) is 9.08. The van der Waals surface area contributed by atoms with Gasteiger partial charge in [0.25, 0.3) is 0 Å². The van der Waals surface area contributed by atoms with Crippen LogP contribution in [0.3, 0.4) is 0 Å². The number of hydrogen-bond donors (Lipinski definition) is 0. The highest BCUT2D eigenvalue weighted by Crippen LogP contribution is 2.39. The van der Waals surface area contributed by atoms with E-state index < -0.39 is 24.8 Å². The van der Waals surface area contributed by atoms with Crippen molar-refractivity contribution < 1.29 is 33.2 Å². The lowest BCUT2D eigenvalue weighted by molar-refractivity contribution is -0.329. The molecule has 2 saturated heterocycles. The van der Waals surface area contributed by atoms with Crippen molar-refractivity contribution in [1.29, 1.82) is 0 Å². The van der Waals surface area contributed by atoms with Gasteiger partial charge in [0.05, 0.1) is 53.1 Å². The lowest BCUT2D eigenvalue weighted by Crippen LogP contribution is -2.61. The summed E-state index contributed by atoms with van der Waals surface area (Å²) in [6, 6.07) is 40.9. The number of hydrogen-bond acceptors (Lipinski definition) is 7. The lowest BCUT2D eigenvalue weighted by Gasteiger charge is -2.48. The van der Waals surface area contributed by atoms with Crippen molar-refractivity contribution in [2.45, 2.75) is 97.6 Å². The van der Waals surface area contributed by atoms with Crippen LogP contribution >= 0.6 is 45.2 Å². The van der Waals surface area contributed by atoms with Crippen LogP contribution in [-0.2, 0) is 59.6 Å². The van der Waals surface area contributed by atoms with Gasteiger partial charge in [0, 0.05) is 5.92 Å². The Morgan fingerprint density at radius 2 is 0.902 bits per heavy atom. The Hall–Kier alpha value is -1.94. The van der Waals surface area contributed by atoms with Crippen LogP contribution in [0.1, 0.15) is 42.5 Å². The average Bonchev–Trinajstić information content (AvgIpc) is 3.17. The number of halogens is 2. The van der Waals surface area contributed by atoms with Gasteiger partial charge >= 0.3 is 0 Å². The van der Waals surface area contributed by atoms with E-state index in [1.807, 2.05) is 72.8 Å². The SMILES string of the molecule is CCC1O[C@H](O[C@H]2OC(COCc3ccccc3)[C@@H](OCc3ccccc3)C(OCc3ccccc3)C2I)C(I)[C@@H](OCc2ccccc2)[C@@H]1C. The maximum atomic E-state index is 6.88. The highest BCUT2D eigenvalue weighted by Gasteiger charge is 2.50. The molecule has 10 atom stereocenters. The average molecular weight is 919 g/mol. The topological polar surface area (TPSA) is 64.6 Å². The molecule has 4 aromatic carbocycles. The molecule has 0 spiro atoms. The molecule has 0 amide bonds. The summed E-state index contributed by atoms with van der Waals surface area (Å²) < 4.78 is 46.5. The quantitative estimate of drug-likeness (QED) is 0.0822. The minimum absolute atomic E-state index is 0.0184. The highest BCUT2D eigenvalue weighted by atomic mass is 127. The smallest absolute Gasteiger partial charge is 0.175 e. The van der Waals surface area contributed by atoms with Gasteiger partial charge in [-0.25, -0.2) is 0 Å². The van der Waals surface area contributed by atoms with Crippen LogP contribution in [0.2, 0.25) is 0 Å². The molecule has 0 aliphatic carbocycles. The standard InChI is InChI=1S/C42H48I2O7/c1-3-34-29(2)38(46-25-31-18-10-5-11-19-31)36(43)41(49-34)51-42-37(44)40(48-27-33-22-14-7-15-23-33)39(47-26-32-20-12-6-13-21-32)35(50-42)28-45-24-30-16-8-4-9-17-30/h4-23,29,34-42H,3,24-28H2,1-2H3/t29-,34?,35?,36?,37?,38+,39-,40?,41-,42-/m1/s1. The third kappa shape index (κ3) is 10.8. The van der Waals surface area contributed by atoms with Gasteiger partial charge in [-0.15, -0.1) is 0 Å². The Morgan fingerprint density at radius 1 is 0.510 bits per heavy atom. The second-order valence-corrected chi connectivity index (χ2v) is 16.0. The Morgan fingerprint density at radius 3 is 1.37 bits per heavy atom. The van der Waals surface area contributed by atoms with E-state index in [0.29, 0.717) is 33.0 Å². The maximum Gasteiger partial charge on any atom is 0.175 e. The van der Waals surface area contributed by atoms with Crippen molar-refractivity contribution in [3.05, 3.63) is 144 Å². The van der Waals surface area contributed by atoms with E-state index in [0.717, 1.165) is 28.7 Å². The van der Waals surface area contributed by atoms with Gasteiger partial charge in [0.2, 0.25) is 0 Å². The predicted molar refractivity (Wildman–Crippen MR) is 215 cm³/mol. The van der Waals surface area contributed by atoms with E-state index in [9.17, 15) is 0 Å². The molecule has 272 valence electrons. The van der Waals surface area contributed by atoms with E-state index in [1.54, 1.807) is 0 Å². The summed E-state index contributed by atoms with van der Waals surface area (Å²) in [6.45, 7) is 6.51. The van der Waals surface area contributed by atoms with E-state index in [2.05, 4.69) is 108 Å². The third-order valence-corrected chi connectivity index (χ3v) is 12.1. The molecule has 2 fully saturated rings. The molecular weight excluding hydrogens is 870 g/mol. The lowest BCUT2D eigenvalue weighted by atomic mass is 9.90. The molecule has 4 aromatic rings. The summed E-state index contributed by atoms with van der Waals surface area (Å²) in [6.07, 6.45) is -1.66. The zero-order chi connectivity index (χ0) is 35.4. The molecule has 7 nitrogen and oxygen atoms in total. The van der Waals surface area contributed by atoms with Crippen LogP contribution in [0.15, 0.2) is 121 Å². The second kappa shape index (κ2) is 19.9. The maximum absolute atomic E-state index is 6.88. The molecule has 2 heterocycles. The van der Waals surface area contributed by atoms with Gasteiger partial charge in [0.15, 0.2) is 12.6 Å². The van der Waals surface area contributed by atoms with Crippen LogP contribution in [0.4, 0.5) is 0 Å². The molecular formula is C42H48I2O7. The van der Waals surface area contributed by atoms with Crippen molar-refractivity contribution in [3.63, 3.8) is 0 Å². The van der Waals surface area contributed by atoms with Gasteiger partial charge in [-0.3, -0.25) is 0 Å². The summed E-state index contributed by atoms with van der Waals surface area (Å²) in [5, 5.41) is 0. The Balaban J connectivity index is 1.23. The van der Waals surface area contributed by atoms with Crippen molar-refractivity contribution in [3.8, 4) is 0 Å². The Kier molecular flexibility index (Phi) is 15.2. The number of benzene rings is 4. The molecule has 6 rings (SSSR count). The minimum Gasteiger partial charge on any atom is -0.374 e. The van der Waals surface area contributed by atoms with E-state index in [-0.39, 0.29) is 32.1 Å². The first-order chi connectivity index (χ1) is 25.0. The summed E-state index contributed by atoms with van der Waals surface area (Å²) in [5.74, 6) is 0.194. The Bertz CT molecular complexity index is 1550. The van der Waals surface area contributed by atoms with Gasteiger partial charge < -0.3 is 33.2 Å². The first-order valence-corrected chi connectivity index (χ1v) is 20.3. The van der Waals surface area contributed by atoms with Crippen molar-refractivity contribution in [2.75, 3.05) is 6.61 Å². The first kappa shape index (κ1) is 38.8. The minimum atomic E-state index is -0.642. The van der Waals surface area contributed by atoms with Crippen molar-refractivity contribution in [1.82, 2.24) is 0 Å². The zero-order valence-electron chi connectivity index (χ0n) is 29.2. The van der Waals surface area contributed by atoms with E-state index in [4.69, 9.17) is 33.2 Å². The van der Waals surface area contributed by atoms with Crippen molar-refractivity contribution in [2.24, 2.45) is 5.92 Å². The molecule has 0 aromatic heterocycles. The molecule has 9 heteroatoms.